The Hall–Kier alpha value is -4.30. The van der Waals surface area contributed by atoms with E-state index in [4.69, 9.17) is 4.74 Å². The van der Waals surface area contributed by atoms with E-state index in [-0.39, 0.29) is 18.3 Å². The molecule has 0 saturated carbocycles. The van der Waals surface area contributed by atoms with Crippen LogP contribution in [-0.4, -0.2) is 40.9 Å². The lowest BCUT2D eigenvalue weighted by Crippen LogP contribution is -2.11. The third-order valence-corrected chi connectivity index (χ3v) is 4.92. The van der Waals surface area contributed by atoms with Gasteiger partial charge in [-0.3, -0.25) is 4.79 Å². The molecule has 35 heavy (non-hydrogen) atoms. The molecule has 0 bridgehead atoms. The average molecular weight is 473 g/mol. The van der Waals surface area contributed by atoms with Crippen LogP contribution >= 0.6 is 0 Å². The summed E-state index contributed by atoms with van der Waals surface area (Å²) >= 11 is 0. The topological polar surface area (TPSA) is 113 Å². The number of amides is 1. The van der Waals surface area contributed by atoms with Gasteiger partial charge in [-0.25, -0.2) is 9.97 Å². The number of carbonyl (C=O) groups excluding carboxylic acids is 2. The Morgan fingerprint density at radius 3 is 2.31 bits per heavy atom. The van der Waals surface area contributed by atoms with Crippen molar-refractivity contribution < 1.29 is 19.4 Å². The lowest BCUT2D eigenvalue weighted by atomic mass is 10.0. The number of hydrogen-bond donors (Lipinski definition) is 3. The van der Waals surface area contributed by atoms with E-state index >= 15 is 0 Å². The first kappa shape index (κ1) is 25.3. The third-order valence-electron chi connectivity index (χ3n) is 4.92. The van der Waals surface area contributed by atoms with Crippen LogP contribution in [0.2, 0.25) is 0 Å². The maximum Gasteiger partial charge on any atom is 0.255 e. The van der Waals surface area contributed by atoms with E-state index < -0.39 is 0 Å². The number of benzene rings is 3. The summed E-state index contributed by atoms with van der Waals surface area (Å²) in [5, 5.41) is 16.4. The number of aliphatic hydroxyl groups excluding tert-OH is 1. The van der Waals surface area contributed by atoms with Crippen molar-refractivity contribution in [3.8, 4) is 17.0 Å². The van der Waals surface area contributed by atoms with E-state index in [9.17, 15) is 14.7 Å². The Morgan fingerprint density at radius 1 is 0.971 bits per heavy atom. The molecule has 180 valence electrons. The lowest BCUT2D eigenvalue weighted by molar-refractivity contribution is -0.115. The Morgan fingerprint density at radius 2 is 1.69 bits per heavy atom. The van der Waals surface area contributed by atoms with Crippen LogP contribution < -0.4 is 15.4 Å². The molecular formula is C27H28N4O4. The molecule has 0 aliphatic heterocycles. The molecule has 8 nitrogen and oxygen atoms in total. The number of hydrogen-bond acceptors (Lipinski definition) is 7. The molecule has 0 radical (unpaired) electrons. The number of carbonyl (C=O) groups is 2. The highest BCUT2D eigenvalue weighted by atomic mass is 16.5. The summed E-state index contributed by atoms with van der Waals surface area (Å²) in [7, 11) is 3.31. The molecule has 0 unspecified atom stereocenters. The predicted octanol–water partition coefficient (Wildman–Crippen LogP) is 4.69. The molecule has 1 aromatic heterocycles. The molecule has 1 amide bonds. The number of aliphatic hydroxyl groups is 1. The van der Waals surface area contributed by atoms with Gasteiger partial charge in [0, 0.05) is 40.9 Å². The van der Waals surface area contributed by atoms with Gasteiger partial charge in [0.2, 0.25) is 5.95 Å². The van der Waals surface area contributed by atoms with Crippen molar-refractivity contribution in [3.63, 3.8) is 0 Å². The summed E-state index contributed by atoms with van der Waals surface area (Å²) in [5.74, 6) is 0.999. The largest absolute Gasteiger partial charge is 0.496 e. The zero-order valence-corrected chi connectivity index (χ0v) is 20.1. The van der Waals surface area contributed by atoms with E-state index in [0.717, 1.165) is 10.9 Å². The van der Waals surface area contributed by atoms with Crippen molar-refractivity contribution in [2.24, 2.45) is 0 Å². The zero-order valence-electron chi connectivity index (χ0n) is 20.1. The van der Waals surface area contributed by atoms with Crippen molar-refractivity contribution in [1.29, 1.82) is 0 Å². The van der Waals surface area contributed by atoms with Crippen molar-refractivity contribution >= 4 is 34.2 Å². The third kappa shape index (κ3) is 6.39. The number of fused-ring (bicyclic) bond motifs is 1. The van der Waals surface area contributed by atoms with E-state index in [1.807, 2.05) is 48.5 Å². The number of anilines is 2. The number of aromatic nitrogens is 2. The molecule has 0 spiro atoms. The highest BCUT2D eigenvalue weighted by Crippen LogP contribution is 2.33. The molecule has 3 N–H and O–H groups in total. The summed E-state index contributed by atoms with van der Waals surface area (Å²) in [5.41, 5.74) is 4.05. The molecule has 0 atom stereocenters. The van der Waals surface area contributed by atoms with Gasteiger partial charge in [-0.1, -0.05) is 30.3 Å². The maximum absolute atomic E-state index is 12.5. The highest BCUT2D eigenvalue weighted by Gasteiger charge is 2.14. The van der Waals surface area contributed by atoms with Crippen molar-refractivity contribution in [2.75, 3.05) is 24.8 Å². The van der Waals surface area contributed by atoms with Crippen molar-refractivity contribution in [1.82, 2.24) is 9.97 Å². The quantitative estimate of drug-likeness (QED) is 0.373. The van der Waals surface area contributed by atoms with E-state index in [2.05, 4.69) is 20.6 Å². The molecule has 3 aromatic carbocycles. The Kier molecular flexibility index (Phi) is 8.48. The summed E-state index contributed by atoms with van der Waals surface area (Å²) in [6.07, 6.45) is 0. The van der Waals surface area contributed by atoms with Crippen molar-refractivity contribution in [3.05, 3.63) is 77.9 Å². The Labute approximate surface area is 204 Å². The summed E-state index contributed by atoms with van der Waals surface area (Å²) in [6, 6.07) is 20.1. The van der Waals surface area contributed by atoms with Gasteiger partial charge in [-0.05, 0) is 44.2 Å². The number of Topliss-reactive ketones (excluding diaryl/α,β-unsaturated/α-hetero) is 1. The fourth-order valence-corrected chi connectivity index (χ4v) is 3.38. The van der Waals surface area contributed by atoms with Crippen LogP contribution in [0.4, 0.5) is 11.6 Å². The Bertz CT molecular complexity index is 1340. The molecule has 4 rings (SSSR count). The van der Waals surface area contributed by atoms with Gasteiger partial charge < -0.3 is 25.3 Å². The first-order valence-corrected chi connectivity index (χ1v) is 11.0. The Balaban J connectivity index is 0.000000795. The van der Waals surface area contributed by atoms with Crippen LogP contribution in [0.15, 0.2) is 66.7 Å². The second-order valence-corrected chi connectivity index (χ2v) is 7.79. The normalized spacial score (nSPS) is 10.2. The molecule has 0 saturated heterocycles. The average Bonchev–Trinajstić information content (AvgIpc) is 2.87. The van der Waals surface area contributed by atoms with Gasteiger partial charge >= 0.3 is 0 Å². The first-order valence-electron chi connectivity index (χ1n) is 11.0. The molecule has 0 fully saturated rings. The fourth-order valence-electron chi connectivity index (χ4n) is 3.38. The van der Waals surface area contributed by atoms with Gasteiger partial charge in [0.05, 0.1) is 24.9 Å². The lowest BCUT2D eigenvalue weighted by Gasteiger charge is -2.13. The monoisotopic (exact) mass is 472 g/mol. The van der Waals surface area contributed by atoms with E-state index in [1.165, 1.54) is 13.8 Å². The number of rotatable bonds is 6. The smallest absolute Gasteiger partial charge is 0.255 e. The van der Waals surface area contributed by atoms with Crippen molar-refractivity contribution in [2.45, 2.75) is 20.5 Å². The second-order valence-electron chi connectivity index (χ2n) is 7.79. The standard InChI is InChI=1S/C24H22N4O3.C3H6O/c1-25-24-27-20-13-21(31-2)17(14-29)12-19(20)22(28-24)16-9-6-10-18(11-16)26-23(30)15-7-4-3-5-8-15;1-3(2)4/h3-13,29H,14H2,1-2H3,(H,26,30)(H,25,27,28);1-2H3. The highest BCUT2D eigenvalue weighted by molar-refractivity contribution is 6.04. The van der Waals surface area contributed by atoms with Gasteiger partial charge in [-0.2, -0.15) is 0 Å². The number of nitrogens with zero attached hydrogens (tertiary/aromatic N) is 2. The number of ether oxygens (including phenoxy) is 1. The van der Waals surface area contributed by atoms with Crippen LogP contribution in [0.25, 0.3) is 22.2 Å². The maximum atomic E-state index is 12.5. The number of ketones is 1. The molecule has 1 heterocycles. The first-order chi connectivity index (χ1) is 16.9. The van der Waals surface area contributed by atoms with Gasteiger partial charge in [0.1, 0.15) is 11.5 Å². The van der Waals surface area contributed by atoms with Crippen LogP contribution in [0.5, 0.6) is 5.75 Å². The van der Waals surface area contributed by atoms with Gasteiger partial charge in [0.25, 0.3) is 5.91 Å². The molecule has 0 aliphatic rings. The molecular weight excluding hydrogens is 444 g/mol. The minimum atomic E-state index is -0.187. The summed E-state index contributed by atoms with van der Waals surface area (Å²) < 4.78 is 5.38. The van der Waals surface area contributed by atoms with Crippen LogP contribution in [-0.2, 0) is 11.4 Å². The van der Waals surface area contributed by atoms with Crippen LogP contribution in [0, 0.1) is 0 Å². The minimum Gasteiger partial charge on any atom is -0.496 e. The van der Waals surface area contributed by atoms with E-state index in [1.54, 1.807) is 32.4 Å². The summed E-state index contributed by atoms with van der Waals surface area (Å²) in [6.45, 7) is 2.89. The minimum absolute atomic E-state index is 0.167. The van der Waals surface area contributed by atoms with Gasteiger partial charge in [-0.15, -0.1) is 0 Å². The number of methoxy groups -OCH3 is 1. The van der Waals surface area contributed by atoms with Crippen LogP contribution in [0.1, 0.15) is 29.8 Å². The second kappa shape index (κ2) is 11.7. The number of nitrogens with one attached hydrogen (secondary N) is 2. The summed E-state index contributed by atoms with van der Waals surface area (Å²) in [4.78, 5) is 31.1. The van der Waals surface area contributed by atoms with E-state index in [0.29, 0.717) is 39.7 Å². The zero-order chi connectivity index (χ0) is 25.4. The molecule has 4 aromatic rings. The van der Waals surface area contributed by atoms with Crippen LogP contribution in [0.3, 0.4) is 0 Å². The SMILES string of the molecule is CC(C)=O.CNc1nc(-c2cccc(NC(=O)c3ccccc3)c2)c2cc(CO)c(OC)cc2n1. The molecule has 0 aliphatic carbocycles. The predicted molar refractivity (Wildman–Crippen MR) is 138 cm³/mol. The molecule has 8 heteroatoms. The van der Waals surface area contributed by atoms with Gasteiger partial charge in [0.15, 0.2) is 0 Å². The fraction of sp³-hybridized carbons (Fsp3) is 0.185.